The van der Waals surface area contributed by atoms with E-state index in [2.05, 4.69) is 55.4 Å². The summed E-state index contributed by atoms with van der Waals surface area (Å²) in [6, 6.07) is 11.2. The molecule has 0 aliphatic rings. The van der Waals surface area contributed by atoms with Crippen molar-refractivity contribution in [2.75, 3.05) is 7.05 Å². The molecule has 108 valence electrons. The zero-order chi connectivity index (χ0) is 14.4. The molecule has 0 amide bonds. The Morgan fingerprint density at radius 3 is 2.50 bits per heavy atom. The molecule has 0 fully saturated rings. The Balaban J connectivity index is 1.97. The summed E-state index contributed by atoms with van der Waals surface area (Å²) in [5.74, 6) is 0. The number of nitrogens with zero attached hydrogens (tertiary/aromatic N) is 1. The average molecular weight is 272 g/mol. The van der Waals surface area contributed by atoms with Crippen LogP contribution in [-0.2, 0) is 19.6 Å². The number of furan rings is 1. The van der Waals surface area contributed by atoms with Crippen LogP contribution in [0.4, 0.5) is 0 Å². The van der Waals surface area contributed by atoms with Crippen LogP contribution in [0.2, 0.25) is 0 Å². The van der Waals surface area contributed by atoms with Crippen molar-refractivity contribution < 1.29 is 4.42 Å². The fraction of sp³-hybridized carbons (Fsp3) is 0.412. The van der Waals surface area contributed by atoms with Crippen LogP contribution < -0.4 is 5.32 Å². The fourth-order valence-corrected chi connectivity index (χ4v) is 2.24. The van der Waals surface area contributed by atoms with Crippen molar-refractivity contribution in [3.05, 3.63) is 59.5 Å². The van der Waals surface area contributed by atoms with Crippen LogP contribution in [0.3, 0.4) is 0 Å². The molecule has 1 N–H and O–H groups in total. The molecule has 1 heterocycles. The van der Waals surface area contributed by atoms with Gasteiger partial charge >= 0.3 is 0 Å². The van der Waals surface area contributed by atoms with Crippen molar-refractivity contribution in [2.45, 2.75) is 39.5 Å². The summed E-state index contributed by atoms with van der Waals surface area (Å²) in [4.78, 5) is 2.30. The summed E-state index contributed by atoms with van der Waals surface area (Å²) in [6.07, 6.45) is 3.53. The standard InChI is InChI=1S/C17H24N2O/c1-14(2)18-10-16-6-4-5-7-17(16)12-19(3)11-15-8-9-20-13-15/h4-9,13-14,18H,10-12H2,1-3H3. The van der Waals surface area contributed by atoms with Gasteiger partial charge < -0.3 is 9.73 Å². The zero-order valence-electron chi connectivity index (χ0n) is 12.6. The lowest BCUT2D eigenvalue weighted by Crippen LogP contribution is -2.24. The monoisotopic (exact) mass is 272 g/mol. The second-order valence-electron chi connectivity index (χ2n) is 5.61. The molecule has 0 spiro atoms. The smallest absolute Gasteiger partial charge is 0.0947 e. The van der Waals surface area contributed by atoms with Crippen LogP contribution in [0, 0.1) is 0 Å². The normalized spacial score (nSPS) is 11.4. The Kier molecular flexibility index (Phi) is 5.39. The Labute approximate surface area is 121 Å². The maximum absolute atomic E-state index is 5.12. The molecule has 2 rings (SSSR count). The van der Waals surface area contributed by atoms with Crippen molar-refractivity contribution in [1.82, 2.24) is 10.2 Å². The van der Waals surface area contributed by atoms with Crippen LogP contribution >= 0.6 is 0 Å². The lowest BCUT2D eigenvalue weighted by Gasteiger charge is -2.19. The van der Waals surface area contributed by atoms with Gasteiger partial charge in [-0.15, -0.1) is 0 Å². The molecular weight excluding hydrogens is 248 g/mol. The molecule has 0 unspecified atom stereocenters. The van der Waals surface area contributed by atoms with Gasteiger partial charge in [0.25, 0.3) is 0 Å². The van der Waals surface area contributed by atoms with Crippen LogP contribution in [0.1, 0.15) is 30.5 Å². The summed E-state index contributed by atoms with van der Waals surface area (Å²) in [7, 11) is 2.14. The van der Waals surface area contributed by atoms with Gasteiger partial charge in [0.05, 0.1) is 12.5 Å². The van der Waals surface area contributed by atoms with E-state index < -0.39 is 0 Å². The third kappa shape index (κ3) is 4.51. The van der Waals surface area contributed by atoms with Crippen molar-refractivity contribution in [2.24, 2.45) is 0 Å². The third-order valence-corrected chi connectivity index (χ3v) is 3.29. The average Bonchev–Trinajstić information content (AvgIpc) is 2.90. The van der Waals surface area contributed by atoms with Gasteiger partial charge in [0.2, 0.25) is 0 Å². The molecule has 0 radical (unpaired) electrons. The van der Waals surface area contributed by atoms with Crippen molar-refractivity contribution >= 4 is 0 Å². The molecule has 20 heavy (non-hydrogen) atoms. The highest BCUT2D eigenvalue weighted by atomic mass is 16.3. The number of hydrogen-bond acceptors (Lipinski definition) is 3. The van der Waals surface area contributed by atoms with E-state index in [0.717, 1.165) is 19.6 Å². The lowest BCUT2D eigenvalue weighted by molar-refractivity contribution is 0.316. The molecule has 3 nitrogen and oxygen atoms in total. The first-order chi connectivity index (χ1) is 9.65. The van der Waals surface area contributed by atoms with Crippen molar-refractivity contribution in [1.29, 1.82) is 0 Å². The van der Waals surface area contributed by atoms with Gasteiger partial charge in [-0.25, -0.2) is 0 Å². The highest BCUT2D eigenvalue weighted by molar-refractivity contribution is 5.27. The van der Waals surface area contributed by atoms with E-state index in [-0.39, 0.29) is 0 Å². The fourth-order valence-electron chi connectivity index (χ4n) is 2.24. The number of nitrogens with one attached hydrogen (secondary N) is 1. The minimum Gasteiger partial charge on any atom is -0.472 e. The maximum Gasteiger partial charge on any atom is 0.0947 e. The quantitative estimate of drug-likeness (QED) is 0.837. The SMILES string of the molecule is CC(C)NCc1ccccc1CN(C)Cc1ccoc1. The predicted octanol–water partition coefficient (Wildman–Crippen LogP) is 3.41. The molecule has 2 aromatic rings. The van der Waals surface area contributed by atoms with Gasteiger partial charge in [0, 0.05) is 31.2 Å². The highest BCUT2D eigenvalue weighted by Gasteiger charge is 2.07. The first kappa shape index (κ1) is 14.8. The Bertz CT molecular complexity index is 505. The van der Waals surface area contributed by atoms with E-state index in [1.54, 1.807) is 6.26 Å². The largest absolute Gasteiger partial charge is 0.472 e. The molecule has 0 bridgehead atoms. The van der Waals surface area contributed by atoms with Crippen LogP contribution in [0.25, 0.3) is 0 Å². The van der Waals surface area contributed by atoms with Gasteiger partial charge in [0.15, 0.2) is 0 Å². The second kappa shape index (κ2) is 7.27. The summed E-state index contributed by atoms with van der Waals surface area (Å²) in [5, 5.41) is 3.49. The van der Waals surface area contributed by atoms with Crippen molar-refractivity contribution in [3.63, 3.8) is 0 Å². The first-order valence-corrected chi connectivity index (χ1v) is 7.15. The van der Waals surface area contributed by atoms with Gasteiger partial charge in [0.1, 0.15) is 0 Å². The Morgan fingerprint density at radius 1 is 1.10 bits per heavy atom. The van der Waals surface area contributed by atoms with E-state index >= 15 is 0 Å². The molecule has 1 aromatic carbocycles. The molecule has 3 heteroatoms. The highest BCUT2D eigenvalue weighted by Crippen LogP contribution is 2.13. The zero-order valence-corrected chi connectivity index (χ0v) is 12.6. The molecule has 0 atom stereocenters. The number of benzene rings is 1. The molecule has 0 aliphatic heterocycles. The minimum absolute atomic E-state index is 0.506. The van der Waals surface area contributed by atoms with Gasteiger partial charge in [-0.1, -0.05) is 38.1 Å². The van der Waals surface area contributed by atoms with Gasteiger partial charge in [-0.3, -0.25) is 4.90 Å². The first-order valence-electron chi connectivity index (χ1n) is 7.15. The molecular formula is C17H24N2O. The topological polar surface area (TPSA) is 28.4 Å². The van der Waals surface area contributed by atoms with Crippen LogP contribution in [-0.4, -0.2) is 18.0 Å². The van der Waals surface area contributed by atoms with E-state index in [0.29, 0.717) is 6.04 Å². The molecule has 0 saturated carbocycles. The maximum atomic E-state index is 5.12. The lowest BCUT2D eigenvalue weighted by atomic mass is 10.1. The molecule has 1 aromatic heterocycles. The van der Waals surface area contributed by atoms with E-state index in [1.165, 1.54) is 16.7 Å². The van der Waals surface area contributed by atoms with Crippen LogP contribution in [0.5, 0.6) is 0 Å². The van der Waals surface area contributed by atoms with Crippen LogP contribution in [0.15, 0.2) is 47.3 Å². The second-order valence-corrected chi connectivity index (χ2v) is 5.61. The van der Waals surface area contributed by atoms with E-state index in [1.807, 2.05) is 12.3 Å². The summed E-state index contributed by atoms with van der Waals surface area (Å²) < 4.78 is 5.12. The molecule has 0 saturated heterocycles. The summed E-state index contributed by atoms with van der Waals surface area (Å²) >= 11 is 0. The Hall–Kier alpha value is -1.58. The van der Waals surface area contributed by atoms with Gasteiger partial charge in [-0.05, 0) is 24.2 Å². The summed E-state index contributed by atoms with van der Waals surface area (Å²) in [5.41, 5.74) is 3.97. The minimum atomic E-state index is 0.506. The number of rotatable bonds is 7. The van der Waals surface area contributed by atoms with E-state index in [4.69, 9.17) is 4.42 Å². The van der Waals surface area contributed by atoms with Crippen molar-refractivity contribution in [3.8, 4) is 0 Å². The van der Waals surface area contributed by atoms with Gasteiger partial charge in [-0.2, -0.15) is 0 Å². The molecule has 0 aliphatic carbocycles. The number of hydrogen-bond donors (Lipinski definition) is 1. The van der Waals surface area contributed by atoms with E-state index in [9.17, 15) is 0 Å². The third-order valence-electron chi connectivity index (χ3n) is 3.29. The Morgan fingerprint density at radius 2 is 1.85 bits per heavy atom. The predicted molar refractivity (Wildman–Crippen MR) is 82.3 cm³/mol. The summed E-state index contributed by atoms with van der Waals surface area (Å²) in [6.45, 7) is 7.12.